The maximum atomic E-state index is 11.7. The van der Waals surface area contributed by atoms with Gasteiger partial charge in [0, 0.05) is 0 Å². The van der Waals surface area contributed by atoms with E-state index in [0.29, 0.717) is 6.29 Å². The topological polar surface area (TPSA) is 111 Å². The molecule has 1 aromatic rings. The number of alkyl halides is 1. The standard InChI is InChI=1S/C9H11ClN4O4S/c10-7-4-19(17,18)5-8(7)11-9(16)2-14-1-6(3-15)12-13-14/h1,3,7-8H,2,4-5H2,(H,11,16). The van der Waals surface area contributed by atoms with Crippen LogP contribution >= 0.6 is 11.6 Å². The van der Waals surface area contributed by atoms with Crippen molar-refractivity contribution in [2.24, 2.45) is 0 Å². The van der Waals surface area contributed by atoms with E-state index < -0.39 is 27.2 Å². The van der Waals surface area contributed by atoms with Crippen molar-refractivity contribution in [2.45, 2.75) is 18.0 Å². The fraction of sp³-hybridized carbons (Fsp3) is 0.556. The Morgan fingerprint density at radius 3 is 2.84 bits per heavy atom. The lowest BCUT2D eigenvalue weighted by atomic mass is 10.2. The quantitative estimate of drug-likeness (QED) is 0.541. The highest BCUT2D eigenvalue weighted by atomic mass is 35.5. The summed E-state index contributed by atoms with van der Waals surface area (Å²) in [5, 5.41) is 8.98. The molecular formula is C9H11ClN4O4S. The Hall–Kier alpha value is -1.48. The second-order valence-electron chi connectivity index (χ2n) is 4.23. The van der Waals surface area contributed by atoms with Gasteiger partial charge in [0.2, 0.25) is 5.91 Å². The van der Waals surface area contributed by atoms with Crippen molar-refractivity contribution in [3.63, 3.8) is 0 Å². The normalized spacial score (nSPS) is 25.1. The van der Waals surface area contributed by atoms with Gasteiger partial charge in [-0.25, -0.2) is 13.1 Å². The molecule has 0 aliphatic carbocycles. The van der Waals surface area contributed by atoms with Gasteiger partial charge in [-0.1, -0.05) is 5.21 Å². The van der Waals surface area contributed by atoms with Crippen molar-refractivity contribution >= 4 is 33.6 Å². The molecule has 10 heteroatoms. The zero-order valence-corrected chi connectivity index (χ0v) is 11.3. The van der Waals surface area contributed by atoms with Gasteiger partial charge in [-0.15, -0.1) is 16.7 Å². The monoisotopic (exact) mass is 306 g/mol. The van der Waals surface area contributed by atoms with E-state index in [1.807, 2.05) is 0 Å². The molecule has 1 amide bonds. The molecule has 1 fully saturated rings. The van der Waals surface area contributed by atoms with Crippen LogP contribution in [0, 0.1) is 0 Å². The lowest BCUT2D eigenvalue weighted by Gasteiger charge is -2.13. The highest BCUT2D eigenvalue weighted by Crippen LogP contribution is 2.17. The maximum absolute atomic E-state index is 11.7. The van der Waals surface area contributed by atoms with Gasteiger partial charge in [-0.3, -0.25) is 9.59 Å². The summed E-state index contributed by atoms with van der Waals surface area (Å²) < 4.78 is 23.8. The summed E-state index contributed by atoms with van der Waals surface area (Å²) in [7, 11) is -3.19. The predicted octanol–water partition coefficient (Wildman–Crippen LogP) is -1.39. The number of amides is 1. The number of rotatable bonds is 4. The van der Waals surface area contributed by atoms with Gasteiger partial charge in [0.05, 0.1) is 29.1 Å². The van der Waals surface area contributed by atoms with Crippen molar-refractivity contribution in [1.82, 2.24) is 20.3 Å². The number of carbonyl (C=O) groups is 2. The molecule has 0 aromatic carbocycles. The number of sulfone groups is 1. The van der Waals surface area contributed by atoms with Crippen LogP contribution in [0.4, 0.5) is 0 Å². The van der Waals surface area contributed by atoms with E-state index in [-0.39, 0.29) is 23.7 Å². The number of aromatic nitrogens is 3. The van der Waals surface area contributed by atoms with Crippen molar-refractivity contribution in [3.05, 3.63) is 11.9 Å². The largest absolute Gasteiger partial charge is 0.349 e. The summed E-state index contributed by atoms with van der Waals surface area (Å²) in [6, 6.07) is -0.603. The van der Waals surface area contributed by atoms with Crippen molar-refractivity contribution in [2.75, 3.05) is 11.5 Å². The van der Waals surface area contributed by atoms with Gasteiger partial charge in [-0.2, -0.15) is 0 Å². The van der Waals surface area contributed by atoms with E-state index in [4.69, 9.17) is 11.6 Å². The van der Waals surface area contributed by atoms with Crippen molar-refractivity contribution < 1.29 is 18.0 Å². The molecular weight excluding hydrogens is 296 g/mol. The minimum atomic E-state index is -3.19. The maximum Gasteiger partial charge on any atom is 0.242 e. The molecule has 2 unspecified atom stereocenters. The minimum Gasteiger partial charge on any atom is -0.349 e. The summed E-state index contributed by atoms with van der Waals surface area (Å²) >= 11 is 5.86. The minimum absolute atomic E-state index is 0.117. The molecule has 1 aliphatic heterocycles. The van der Waals surface area contributed by atoms with Gasteiger partial charge in [0.1, 0.15) is 12.2 Å². The van der Waals surface area contributed by atoms with Gasteiger partial charge >= 0.3 is 0 Å². The first-order valence-corrected chi connectivity index (χ1v) is 7.64. The molecule has 0 spiro atoms. The number of hydrogen-bond donors (Lipinski definition) is 1. The average Bonchev–Trinajstić information content (AvgIpc) is 2.83. The molecule has 2 heterocycles. The first-order chi connectivity index (χ1) is 8.89. The van der Waals surface area contributed by atoms with Crippen LogP contribution in [0.3, 0.4) is 0 Å². The van der Waals surface area contributed by atoms with Crippen LogP contribution in [-0.2, 0) is 21.2 Å². The molecule has 104 valence electrons. The molecule has 1 aromatic heterocycles. The Labute approximate surface area is 114 Å². The third kappa shape index (κ3) is 3.51. The van der Waals surface area contributed by atoms with Gasteiger partial charge in [-0.05, 0) is 0 Å². The average molecular weight is 307 g/mol. The summed E-state index contributed by atoms with van der Waals surface area (Å²) in [5.41, 5.74) is 0.117. The first kappa shape index (κ1) is 13.9. The van der Waals surface area contributed by atoms with E-state index in [2.05, 4.69) is 15.6 Å². The first-order valence-electron chi connectivity index (χ1n) is 5.39. The van der Waals surface area contributed by atoms with E-state index >= 15 is 0 Å². The molecule has 0 bridgehead atoms. The van der Waals surface area contributed by atoms with Crippen LogP contribution in [0.5, 0.6) is 0 Å². The molecule has 2 atom stereocenters. The van der Waals surface area contributed by atoms with E-state index in [0.717, 1.165) is 0 Å². The third-order valence-electron chi connectivity index (χ3n) is 2.61. The van der Waals surface area contributed by atoms with E-state index in [1.54, 1.807) is 0 Å². The zero-order chi connectivity index (χ0) is 14.0. The van der Waals surface area contributed by atoms with Crippen LogP contribution in [0.15, 0.2) is 6.20 Å². The molecule has 19 heavy (non-hydrogen) atoms. The number of halogens is 1. The van der Waals surface area contributed by atoms with E-state index in [9.17, 15) is 18.0 Å². The molecule has 2 rings (SSSR count). The molecule has 1 aliphatic rings. The van der Waals surface area contributed by atoms with Crippen LogP contribution in [-0.4, -0.2) is 58.5 Å². The van der Waals surface area contributed by atoms with Crippen LogP contribution < -0.4 is 5.32 Å². The third-order valence-corrected chi connectivity index (χ3v) is 4.99. The summed E-state index contributed by atoms with van der Waals surface area (Å²) in [5.74, 6) is -0.739. The molecule has 1 saturated heterocycles. The summed E-state index contributed by atoms with van der Waals surface area (Å²) in [4.78, 5) is 22.1. The Morgan fingerprint density at radius 2 is 2.32 bits per heavy atom. The fourth-order valence-electron chi connectivity index (χ4n) is 1.78. The molecule has 0 saturated carbocycles. The van der Waals surface area contributed by atoms with Crippen LogP contribution in [0.1, 0.15) is 10.5 Å². The smallest absolute Gasteiger partial charge is 0.242 e. The number of aldehydes is 1. The Balaban J connectivity index is 1.93. The molecule has 0 radical (unpaired) electrons. The van der Waals surface area contributed by atoms with Crippen LogP contribution in [0.25, 0.3) is 0 Å². The molecule has 1 N–H and O–H groups in total. The number of hydrogen-bond acceptors (Lipinski definition) is 6. The summed E-state index contributed by atoms with van der Waals surface area (Å²) in [6.45, 7) is -0.152. The van der Waals surface area contributed by atoms with Gasteiger partial charge in [0.15, 0.2) is 16.1 Å². The molecule has 8 nitrogen and oxygen atoms in total. The SMILES string of the molecule is O=Cc1cn(CC(=O)NC2CS(=O)(=O)CC2Cl)nn1. The highest BCUT2D eigenvalue weighted by molar-refractivity contribution is 7.91. The Morgan fingerprint density at radius 1 is 1.58 bits per heavy atom. The summed E-state index contributed by atoms with van der Waals surface area (Å²) in [6.07, 6.45) is 1.83. The van der Waals surface area contributed by atoms with Gasteiger partial charge in [0.25, 0.3) is 0 Å². The second kappa shape index (κ2) is 5.25. The number of carbonyl (C=O) groups excluding carboxylic acids is 2. The lowest BCUT2D eigenvalue weighted by Crippen LogP contribution is -2.42. The van der Waals surface area contributed by atoms with Crippen LogP contribution in [0.2, 0.25) is 0 Å². The Kier molecular flexibility index (Phi) is 3.85. The Bertz CT molecular complexity index is 599. The van der Waals surface area contributed by atoms with Gasteiger partial charge < -0.3 is 5.32 Å². The lowest BCUT2D eigenvalue weighted by molar-refractivity contribution is -0.122. The second-order valence-corrected chi connectivity index (χ2v) is 6.94. The fourth-order valence-corrected chi connectivity index (χ4v) is 4.33. The number of nitrogens with one attached hydrogen (secondary N) is 1. The zero-order valence-electron chi connectivity index (χ0n) is 9.69. The predicted molar refractivity (Wildman–Crippen MR) is 65.6 cm³/mol. The van der Waals surface area contributed by atoms with Crippen molar-refractivity contribution in [1.29, 1.82) is 0 Å². The van der Waals surface area contributed by atoms with E-state index in [1.165, 1.54) is 10.9 Å². The van der Waals surface area contributed by atoms with Crippen molar-refractivity contribution in [3.8, 4) is 0 Å². The number of nitrogens with zero attached hydrogens (tertiary/aromatic N) is 3. The highest BCUT2D eigenvalue weighted by Gasteiger charge is 2.37.